The van der Waals surface area contributed by atoms with Crippen LogP contribution in [-0.2, 0) is 42.4 Å². The van der Waals surface area contributed by atoms with Crippen LogP contribution in [0.5, 0.6) is 0 Å². The van der Waals surface area contributed by atoms with Gasteiger partial charge in [-0.25, -0.2) is 0 Å². The summed E-state index contributed by atoms with van der Waals surface area (Å²) in [5, 5.41) is 0. The molecule has 1 aliphatic heterocycles. The summed E-state index contributed by atoms with van der Waals surface area (Å²) in [4.78, 5) is 33.6. The van der Waals surface area contributed by atoms with E-state index in [1.54, 1.807) is 13.8 Å². The monoisotopic (exact) mass is 366 g/mol. The van der Waals surface area contributed by atoms with Gasteiger partial charge in [0.05, 0.1) is 12.3 Å². The quantitative estimate of drug-likeness (QED) is 0.391. The van der Waals surface area contributed by atoms with Gasteiger partial charge in [0.2, 0.25) is 12.1 Å². The van der Waals surface area contributed by atoms with Crippen molar-refractivity contribution < 1.29 is 42.4 Å². The first kappa shape index (κ1) is 20.6. The van der Waals surface area contributed by atoms with Gasteiger partial charge in [0.25, 0.3) is 7.37 Å². The molecule has 24 heavy (non-hydrogen) atoms. The molecule has 1 heterocycles. The van der Waals surface area contributed by atoms with Crippen molar-refractivity contribution >= 4 is 25.3 Å². The molecule has 4 atom stereocenters. The zero-order chi connectivity index (χ0) is 18.5. The zero-order valence-electron chi connectivity index (χ0n) is 14.3. The predicted molar refractivity (Wildman–Crippen MR) is 81.3 cm³/mol. The van der Waals surface area contributed by atoms with Crippen molar-refractivity contribution in [2.45, 2.75) is 59.0 Å². The maximum absolute atomic E-state index is 13.2. The van der Waals surface area contributed by atoms with Gasteiger partial charge in [0.15, 0.2) is 0 Å². The summed E-state index contributed by atoms with van der Waals surface area (Å²) in [6.07, 6.45) is -2.93. The lowest BCUT2D eigenvalue weighted by Gasteiger charge is -2.40. The Balaban J connectivity index is 3.11. The number of hydrogen-bond donors (Lipinski definition) is 0. The molecule has 0 aromatic carbocycles. The fourth-order valence-corrected chi connectivity index (χ4v) is 4.90. The van der Waals surface area contributed by atoms with Crippen LogP contribution < -0.4 is 0 Å². The Bertz CT molecular complexity index is 530. The van der Waals surface area contributed by atoms with Crippen molar-refractivity contribution in [3.8, 4) is 0 Å². The predicted octanol–water partition coefficient (Wildman–Crippen LogP) is 1.43. The van der Waals surface area contributed by atoms with Gasteiger partial charge in [-0.2, -0.15) is 0 Å². The minimum Gasteiger partial charge on any atom is -0.463 e. The van der Waals surface area contributed by atoms with Gasteiger partial charge < -0.3 is 23.5 Å². The second-order valence-electron chi connectivity index (χ2n) is 5.58. The molecule has 0 aromatic heterocycles. The topological polar surface area (TPSA) is 114 Å². The van der Waals surface area contributed by atoms with Gasteiger partial charge in [-0.1, -0.05) is 0 Å². The van der Waals surface area contributed by atoms with Crippen molar-refractivity contribution in [2.24, 2.45) is 0 Å². The fourth-order valence-electron chi connectivity index (χ4n) is 2.23. The second-order valence-corrected chi connectivity index (χ2v) is 8.12. The third-order valence-corrected chi connectivity index (χ3v) is 5.66. The van der Waals surface area contributed by atoms with Crippen molar-refractivity contribution in [1.29, 1.82) is 0 Å². The smallest absolute Gasteiger partial charge is 0.304 e. The summed E-state index contributed by atoms with van der Waals surface area (Å²) in [6.45, 7) is 6.54. The second kappa shape index (κ2) is 8.60. The van der Waals surface area contributed by atoms with Gasteiger partial charge in [-0.15, -0.1) is 0 Å². The molecule has 0 aromatic rings. The number of hydrogen-bond acceptors (Lipinski definition) is 9. The van der Waals surface area contributed by atoms with E-state index in [4.69, 9.17) is 23.5 Å². The Morgan fingerprint density at radius 2 is 1.67 bits per heavy atom. The van der Waals surface area contributed by atoms with Gasteiger partial charge in [-0.05, 0) is 13.8 Å². The molecule has 0 amide bonds. The van der Waals surface area contributed by atoms with E-state index in [1.165, 1.54) is 13.8 Å². The van der Waals surface area contributed by atoms with Crippen LogP contribution in [0, 0.1) is 0 Å². The lowest BCUT2D eigenvalue weighted by molar-refractivity contribution is -0.207. The molecule has 10 heteroatoms. The summed E-state index contributed by atoms with van der Waals surface area (Å²) in [7, 11) is -3.60. The van der Waals surface area contributed by atoms with Crippen LogP contribution in [0.15, 0.2) is 0 Å². The van der Waals surface area contributed by atoms with Gasteiger partial charge in [0, 0.05) is 20.8 Å². The van der Waals surface area contributed by atoms with Gasteiger partial charge in [-0.3, -0.25) is 18.9 Å². The van der Waals surface area contributed by atoms with Crippen LogP contribution in [0.25, 0.3) is 0 Å². The number of esters is 3. The van der Waals surface area contributed by atoms with E-state index in [0.29, 0.717) is 0 Å². The maximum atomic E-state index is 13.2. The van der Waals surface area contributed by atoms with E-state index < -0.39 is 49.6 Å². The van der Waals surface area contributed by atoms with Gasteiger partial charge in [0.1, 0.15) is 12.7 Å². The van der Waals surface area contributed by atoms with Crippen molar-refractivity contribution in [3.05, 3.63) is 0 Å². The van der Waals surface area contributed by atoms with Crippen LogP contribution in [-0.4, -0.2) is 55.0 Å². The molecule has 1 saturated heterocycles. The highest BCUT2D eigenvalue weighted by molar-refractivity contribution is 7.59. The molecule has 0 saturated carbocycles. The molecule has 9 nitrogen and oxygen atoms in total. The van der Waals surface area contributed by atoms with Crippen molar-refractivity contribution in [2.75, 3.05) is 12.8 Å². The molecule has 0 aliphatic carbocycles. The van der Waals surface area contributed by atoms with Crippen LogP contribution in [0.1, 0.15) is 34.6 Å². The summed E-state index contributed by atoms with van der Waals surface area (Å²) >= 11 is 0. The van der Waals surface area contributed by atoms with Crippen LogP contribution in [0.2, 0.25) is 0 Å². The summed E-state index contributed by atoms with van der Waals surface area (Å²) in [6, 6.07) is 0. The summed E-state index contributed by atoms with van der Waals surface area (Å²) < 4.78 is 39.2. The lowest BCUT2D eigenvalue weighted by atomic mass is 10.4. The molecule has 0 unspecified atom stereocenters. The Labute approximate surface area is 140 Å². The van der Waals surface area contributed by atoms with E-state index >= 15 is 0 Å². The summed E-state index contributed by atoms with van der Waals surface area (Å²) in [5.41, 5.74) is 0. The van der Waals surface area contributed by atoms with E-state index in [9.17, 15) is 18.9 Å². The van der Waals surface area contributed by atoms with Gasteiger partial charge >= 0.3 is 17.9 Å². The van der Waals surface area contributed by atoms with Crippen LogP contribution in [0.3, 0.4) is 0 Å². The fraction of sp³-hybridized carbons (Fsp3) is 0.786. The first-order chi connectivity index (χ1) is 11.0. The highest BCUT2D eigenvalue weighted by Crippen LogP contribution is 2.58. The minimum atomic E-state index is -3.60. The highest BCUT2D eigenvalue weighted by Gasteiger charge is 2.52. The molecule has 1 fully saturated rings. The zero-order valence-corrected chi connectivity index (χ0v) is 15.2. The van der Waals surface area contributed by atoms with E-state index in [0.717, 1.165) is 6.92 Å². The number of ether oxygens (including phenoxy) is 4. The molecular formula is C14H23O9P. The molecule has 0 radical (unpaired) electrons. The minimum absolute atomic E-state index is 0.265. The Morgan fingerprint density at radius 3 is 2.12 bits per heavy atom. The molecular weight excluding hydrogens is 343 g/mol. The molecule has 138 valence electrons. The Kier molecular flexibility index (Phi) is 7.38. The number of carbonyl (C=O) groups is 3. The maximum Gasteiger partial charge on any atom is 0.304 e. The Morgan fingerprint density at radius 1 is 1.08 bits per heavy atom. The average Bonchev–Trinajstić information content (AvgIpc) is 2.37. The van der Waals surface area contributed by atoms with Crippen LogP contribution in [0.4, 0.5) is 0 Å². The highest BCUT2D eigenvalue weighted by atomic mass is 31.2. The molecule has 0 spiro atoms. The SMILES string of the molecule is CC(=O)OC[C@H]1O[C@@H](OC(C)=O)C[P@@](=O)(OC(C)C)[C@@H]1OC(C)=O. The third kappa shape index (κ3) is 6.22. The van der Waals surface area contributed by atoms with E-state index in [-0.39, 0.29) is 12.8 Å². The van der Waals surface area contributed by atoms with Crippen molar-refractivity contribution in [1.82, 2.24) is 0 Å². The first-order valence-corrected chi connectivity index (χ1v) is 9.32. The molecule has 0 N–H and O–H groups in total. The lowest BCUT2D eigenvalue weighted by Crippen LogP contribution is -2.48. The summed E-state index contributed by atoms with van der Waals surface area (Å²) in [5.74, 6) is -3.17. The molecule has 1 rings (SSSR count). The third-order valence-electron chi connectivity index (χ3n) is 2.86. The Hall–Kier alpha value is -1.44. The largest absolute Gasteiger partial charge is 0.463 e. The standard InChI is InChI=1S/C14H23O9P/c1-8(2)23-24(18)7-13(20-10(4)16)22-12(6-19-9(3)15)14(24)21-11(5)17/h8,12-14H,6-7H2,1-5H3/t12-,13-,14+,24-/m1/s1. The molecule has 0 bridgehead atoms. The van der Waals surface area contributed by atoms with Crippen molar-refractivity contribution in [3.63, 3.8) is 0 Å². The van der Waals surface area contributed by atoms with E-state index in [2.05, 4.69) is 0 Å². The average molecular weight is 366 g/mol. The van der Waals surface area contributed by atoms with E-state index in [1.807, 2.05) is 0 Å². The number of rotatable bonds is 6. The molecule has 1 aliphatic rings. The normalized spacial score (nSPS) is 29.8. The first-order valence-electron chi connectivity index (χ1n) is 7.44. The van der Waals surface area contributed by atoms with Crippen LogP contribution >= 0.6 is 7.37 Å². The number of carbonyl (C=O) groups excluding carboxylic acids is 3.